The maximum atomic E-state index is 12.5. The molecular weight excluding hydrogens is 294 g/mol. The average molecular weight is 314 g/mol. The van der Waals surface area contributed by atoms with Crippen molar-refractivity contribution in [2.45, 2.75) is 20.8 Å². The highest BCUT2D eigenvalue weighted by Crippen LogP contribution is 2.18. The SMILES string of the molecule is CCOC(=O)CN(CC(C)C)C(=O)c1cc(Cl)ncc1N. The minimum Gasteiger partial charge on any atom is -0.465 e. The number of amides is 1. The normalized spacial score (nSPS) is 10.5. The summed E-state index contributed by atoms with van der Waals surface area (Å²) < 4.78 is 4.89. The van der Waals surface area contributed by atoms with E-state index in [2.05, 4.69) is 4.98 Å². The van der Waals surface area contributed by atoms with Gasteiger partial charge in [-0.3, -0.25) is 9.59 Å². The Labute approximate surface area is 129 Å². The molecule has 0 atom stereocenters. The van der Waals surface area contributed by atoms with Gasteiger partial charge >= 0.3 is 5.97 Å². The van der Waals surface area contributed by atoms with Crippen LogP contribution in [0.2, 0.25) is 5.15 Å². The van der Waals surface area contributed by atoms with Gasteiger partial charge in [0.1, 0.15) is 11.7 Å². The molecule has 0 saturated heterocycles. The van der Waals surface area contributed by atoms with Crippen molar-refractivity contribution in [2.75, 3.05) is 25.4 Å². The van der Waals surface area contributed by atoms with Crippen molar-refractivity contribution >= 4 is 29.2 Å². The number of rotatable bonds is 6. The van der Waals surface area contributed by atoms with Crippen molar-refractivity contribution in [3.63, 3.8) is 0 Å². The van der Waals surface area contributed by atoms with E-state index in [1.54, 1.807) is 6.92 Å². The summed E-state index contributed by atoms with van der Waals surface area (Å²) in [6.07, 6.45) is 1.33. The molecule has 7 heteroatoms. The van der Waals surface area contributed by atoms with Gasteiger partial charge in [-0.25, -0.2) is 4.98 Å². The van der Waals surface area contributed by atoms with Crippen LogP contribution in [0.4, 0.5) is 5.69 Å². The number of hydrogen-bond donors (Lipinski definition) is 1. The van der Waals surface area contributed by atoms with Crippen LogP contribution in [0.5, 0.6) is 0 Å². The first-order valence-electron chi connectivity index (χ1n) is 6.71. The number of hydrogen-bond acceptors (Lipinski definition) is 5. The van der Waals surface area contributed by atoms with E-state index in [-0.39, 0.29) is 41.4 Å². The molecule has 1 heterocycles. The molecule has 116 valence electrons. The van der Waals surface area contributed by atoms with Gasteiger partial charge in [0, 0.05) is 6.54 Å². The van der Waals surface area contributed by atoms with Crippen molar-refractivity contribution in [3.05, 3.63) is 23.0 Å². The van der Waals surface area contributed by atoms with Crippen LogP contribution < -0.4 is 5.73 Å². The number of aromatic nitrogens is 1. The number of pyridine rings is 1. The maximum Gasteiger partial charge on any atom is 0.325 e. The quantitative estimate of drug-likeness (QED) is 0.641. The molecule has 1 amide bonds. The number of carbonyl (C=O) groups is 2. The summed E-state index contributed by atoms with van der Waals surface area (Å²) in [5.74, 6) is -0.620. The number of nitrogens with two attached hydrogens (primary N) is 1. The highest BCUT2D eigenvalue weighted by atomic mass is 35.5. The van der Waals surface area contributed by atoms with E-state index in [0.717, 1.165) is 0 Å². The van der Waals surface area contributed by atoms with Crippen LogP contribution in [-0.2, 0) is 9.53 Å². The van der Waals surface area contributed by atoms with Crippen LogP contribution in [0.25, 0.3) is 0 Å². The molecule has 0 fully saturated rings. The standard InChI is InChI=1S/C14H20ClN3O3/c1-4-21-13(19)8-18(7-9(2)3)14(20)10-5-12(15)17-6-11(10)16/h5-6,9H,4,7-8,16H2,1-3H3. The van der Waals surface area contributed by atoms with Gasteiger partial charge < -0.3 is 15.4 Å². The van der Waals surface area contributed by atoms with E-state index in [1.807, 2.05) is 13.8 Å². The molecule has 0 saturated carbocycles. The molecular formula is C14H20ClN3O3. The fourth-order valence-electron chi connectivity index (χ4n) is 1.82. The molecule has 2 N–H and O–H groups in total. The molecule has 0 aliphatic carbocycles. The van der Waals surface area contributed by atoms with E-state index >= 15 is 0 Å². The third kappa shape index (κ3) is 5.23. The van der Waals surface area contributed by atoms with Crippen molar-refractivity contribution in [2.24, 2.45) is 5.92 Å². The van der Waals surface area contributed by atoms with Crippen LogP contribution in [0.1, 0.15) is 31.1 Å². The molecule has 0 spiro atoms. The number of anilines is 1. The highest BCUT2D eigenvalue weighted by Gasteiger charge is 2.22. The lowest BCUT2D eigenvalue weighted by atomic mass is 10.1. The summed E-state index contributed by atoms with van der Waals surface area (Å²) >= 11 is 5.80. The lowest BCUT2D eigenvalue weighted by molar-refractivity contribution is -0.143. The predicted molar refractivity (Wildman–Crippen MR) is 81.0 cm³/mol. The Hall–Kier alpha value is -1.82. The van der Waals surface area contributed by atoms with Gasteiger partial charge in [0.15, 0.2) is 0 Å². The maximum absolute atomic E-state index is 12.5. The molecule has 0 radical (unpaired) electrons. The molecule has 0 bridgehead atoms. The Morgan fingerprint density at radius 3 is 2.71 bits per heavy atom. The van der Waals surface area contributed by atoms with E-state index in [4.69, 9.17) is 22.1 Å². The molecule has 1 rings (SSSR count). The van der Waals surface area contributed by atoms with Gasteiger partial charge in [0.25, 0.3) is 5.91 Å². The second-order valence-corrected chi connectivity index (χ2v) is 5.37. The summed E-state index contributed by atoms with van der Waals surface area (Å²) in [6.45, 7) is 6.18. The summed E-state index contributed by atoms with van der Waals surface area (Å²) in [6, 6.07) is 1.40. The van der Waals surface area contributed by atoms with Crippen molar-refractivity contribution in [1.29, 1.82) is 0 Å². The van der Waals surface area contributed by atoms with Crippen LogP contribution in [0.3, 0.4) is 0 Å². The van der Waals surface area contributed by atoms with Crippen molar-refractivity contribution < 1.29 is 14.3 Å². The summed E-state index contributed by atoms with van der Waals surface area (Å²) in [5, 5.41) is 0.174. The Bertz CT molecular complexity index is 520. The minimum atomic E-state index is -0.453. The number of esters is 1. The number of halogens is 1. The monoisotopic (exact) mass is 313 g/mol. The van der Waals surface area contributed by atoms with Gasteiger partial charge in [0.05, 0.1) is 24.1 Å². The zero-order chi connectivity index (χ0) is 16.0. The topological polar surface area (TPSA) is 85.5 Å². The van der Waals surface area contributed by atoms with Gasteiger partial charge in [0.2, 0.25) is 0 Å². The first-order valence-corrected chi connectivity index (χ1v) is 7.08. The van der Waals surface area contributed by atoms with E-state index in [9.17, 15) is 9.59 Å². The fraction of sp³-hybridized carbons (Fsp3) is 0.500. The van der Waals surface area contributed by atoms with Crippen LogP contribution in [0.15, 0.2) is 12.3 Å². The molecule has 0 aliphatic rings. The third-order valence-electron chi connectivity index (χ3n) is 2.63. The van der Waals surface area contributed by atoms with Crippen molar-refractivity contribution in [3.8, 4) is 0 Å². The summed E-state index contributed by atoms with van der Waals surface area (Å²) in [4.78, 5) is 29.4. The van der Waals surface area contributed by atoms with Crippen molar-refractivity contribution in [1.82, 2.24) is 9.88 Å². The predicted octanol–water partition coefficient (Wildman–Crippen LogP) is 1.98. The Kier molecular flexibility index (Phi) is 6.42. The van der Waals surface area contributed by atoms with E-state index < -0.39 is 5.97 Å². The van der Waals surface area contributed by atoms with Gasteiger partial charge in [-0.15, -0.1) is 0 Å². The Morgan fingerprint density at radius 2 is 2.14 bits per heavy atom. The molecule has 0 aliphatic heterocycles. The number of nitrogen functional groups attached to an aromatic ring is 1. The molecule has 21 heavy (non-hydrogen) atoms. The lowest BCUT2D eigenvalue weighted by Gasteiger charge is -2.24. The average Bonchev–Trinajstić information content (AvgIpc) is 2.39. The van der Waals surface area contributed by atoms with E-state index in [0.29, 0.717) is 6.54 Å². The number of carbonyl (C=O) groups excluding carboxylic acids is 2. The van der Waals surface area contributed by atoms with Crippen LogP contribution in [-0.4, -0.2) is 41.5 Å². The first-order chi connectivity index (χ1) is 9.85. The number of nitrogens with zero attached hydrogens (tertiary/aromatic N) is 2. The minimum absolute atomic E-state index is 0.121. The molecule has 1 aromatic heterocycles. The van der Waals surface area contributed by atoms with Gasteiger partial charge in [-0.05, 0) is 18.9 Å². The van der Waals surface area contributed by atoms with Crippen LogP contribution in [0, 0.1) is 5.92 Å². The summed E-state index contributed by atoms with van der Waals surface area (Å²) in [7, 11) is 0. The highest BCUT2D eigenvalue weighted by molar-refractivity contribution is 6.29. The van der Waals surface area contributed by atoms with E-state index in [1.165, 1.54) is 17.2 Å². The van der Waals surface area contributed by atoms with Gasteiger partial charge in [-0.2, -0.15) is 0 Å². The molecule has 0 aromatic carbocycles. The zero-order valence-electron chi connectivity index (χ0n) is 12.4. The smallest absolute Gasteiger partial charge is 0.325 e. The van der Waals surface area contributed by atoms with Crippen LogP contribution >= 0.6 is 11.6 Å². The molecule has 6 nitrogen and oxygen atoms in total. The third-order valence-corrected chi connectivity index (χ3v) is 2.84. The lowest BCUT2D eigenvalue weighted by Crippen LogP contribution is -2.39. The van der Waals surface area contributed by atoms with Gasteiger partial charge in [-0.1, -0.05) is 25.4 Å². The second-order valence-electron chi connectivity index (χ2n) is 4.98. The second kappa shape index (κ2) is 7.83. The number of ether oxygens (including phenoxy) is 1. The Balaban J connectivity index is 2.98. The zero-order valence-corrected chi connectivity index (χ0v) is 13.2. The first kappa shape index (κ1) is 17.2. The molecule has 0 unspecified atom stereocenters. The Morgan fingerprint density at radius 1 is 1.48 bits per heavy atom. The fourth-order valence-corrected chi connectivity index (χ4v) is 1.98. The summed E-state index contributed by atoms with van der Waals surface area (Å²) in [5.41, 5.74) is 6.22. The molecule has 1 aromatic rings. The largest absolute Gasteiger partial charge is 0.465 e.